The van der Waals surface area contributed by atoms with Gasteiger partial charge in [0.15, 0.2) is 0 Å². The van der Waals surface area contributed by atoms with Gasteiger partial charge in [0.1, 0.15) is 5.82 Å². The van der Waals surface area contributed by atoms with Crippen LogP contribution < -0.4 is 10.6 Å². The van der Waals surface area contributed by atoms with E-state index in [0.29, 0.717) is 11.9 Å². The standard InChI is InChI=1S/C12H22N4/c1-5-16(10(2)9-15(3)4)11-6-7-14-12(13)8-11/h6-8,10H,5,9H2,1-4H3,(H2,13,14). The highest BCUT2D eigenvalue weighted by Crippen LogP contribution is 2.18. The van der Waals surface area contributed by atoms with Crippen molar-refractivity contribution in [3.05, 3.63) is 18.3 Å². The van der Waals surface area contributed by atoms with Gasteiger partial charge in [-0.25, -0.2) is 4.98 Å². The number of nitrogens with two attached hydrogens (primary N) is 1. The molecule has 0 saturated heterocycles. The van der Waals surface area contributed by atoms with Crippen molar-refractivity contribution in [3.8, 4) is 0 Å². The number of nitrogens with zero attached hydrogens (tertiary/aromatic N) is 3. The van der Waals surface area contributed by atoms with Gasteiger partial charge in [0.05, 0.1) is 0 Å². The molecule has 0 bridgehead atoms. The second-order valence-electron chi connectivity index (χ2n) is 4.34. The highest BCUT2D eigenvalue weighted by molar-refractivity contribution is 5.52. The molecule has 0 saturated carbocycles. The lowest BCUT2D eigenvalue weighted by Gasteiger charge is -2.32. The topological polar surface area (TPSA) is 45.4 Å². The number of hydrogen-bond acceptors (Lipinski definition) is 4. The summed E-state index contributed by atoms with van der Waals surface area (Å²) >= 11 is 0. The minimum absolute atomic E-state index is 0.460. The molecule has 1 rings (SSSR count). The maximum Gasteiger partial charge on any atom is 0.125 e. The van der Waals surface area contributed by atoms with E-state index < -0.39 is 0 Å². The zero-order valence-corrected chi connectivity index (χ0v) is 10.6. The van der Waals surface area contributed by atoms with E-state index in [2.05, 4.69) is 42.7 Å². The zero-order valence-electron chi connectivity index (χ0n) is 10.6. The molecule has 0 aliphatic carbocycles. The Morgan fingerprint density at radius 3 is 2.62 bits per heavy atom. The highest BCUT2D eigenvalue weighted by Gasteiger charge is 2.13. The molecule has 2 N–H and O–H groups in total. The Labute approximate surface area is 98.1 Å². The number of rotatable bonds is 5. The molecular formula is C12H22N4. The SMILES string of the molecule is CCN(c1ccnc(N)c1)C(C)CN(C)C. The average Bonchev–Trinajstić information content (AvgIpc) is 2.17. The Kier molecular flexibility index (Phi) is 4.55. The number of hydrogen-bond donors (Lipinski definition) is 1. The maximum absolute atomic E-state index is 5.70. The predicted molar refractivity (Wildman–Crippen MR) is 69.7 cm³/mol. The molecule has 1 aromatic rings. The van der Waals surface area contributed by atoms with Crippen LogP contribution in [0.25, 0.3) is 0 Å². The van der Waals surface area contributed by atoms with Crippen LogP contribution in [0.3, 0.4) is 0 Å². The molecule has 1 aromatic heterocycles. The van der Waals surface area contributed by atoms with E-state index in [1.54, 1.807) is 6.20 Å². The second-order valence-corrected chi connectivity index (χ2v) is 4.34. The van der Waals surface area contributed by atoms with E-state index in [4.69, 9.17) is 5.73 Å². The fourth-order valence-electron chi connectivity index (χ4n) is 1.99. The lowest BCUT2D eigenvalue weighted by atomic mass is 10.2. The molecule has 16 heavy (non-hydrogen) atoms. The minimum Gasteiger partial charge on any atom is -0.384 e. The van der Waals surface area contributed by atoms with Gasteiger partial charge in [-0.15, -0.1) is 0 Å². The maximum atomic E-state index is 5.70. The summed E-state index contributed by atoms with van der Waals surface area (Å²) in [5.74, 6) is 0.577. The Morgan fingerprint density at radius 2 is 2.12 bits per heavy atom. The van der Waals surface area contributed by atoms with Gasteiger partial charge in [-0.1, -0.05) is 0 Å². The molecule has 0 radical (unpaired) electrons. The average molecular weight is 222 g/mol. The summed E-state index contributed by atoms with van der Waals surface area (Å²) in [4.78, 5) is 8.54. The van der Waals surface area contributed by atoms with Crippen LogP contribution >= 0.6 is 0 Å². The number of likely N-dealkylation sites (N-methyl/N-ethyl adjacent to an activating group) is 2. The van der Waals surface area contributed by atoms with Gasteiger partial charge in [-0.05, 0) is 34.0 Å². The van der Waals surface area contributed by atoms with Crippen LogP contribution in [0, 0.1) is 0 Å². The Balaban J connectivity index is 2.81. The van der Waals surface area contributed by atoms with Crippen molar-refractivity contribution in [2.24, 2.45) is 0 Å². The fraction of sp³-hybridized carbons (Fsp3) is 0.583. The van der Waals surface area contributed by atoms with E-state index in [9.17, 15) is 0 Å². The first kappa shape index (κ1) is 12.8. The van der Waals surface area contributed by atoms with Gasteiger partial charge in [-0.2, -0.15) is 0 Å². The van der Waals surface area contributed by atoms with Crippen LogP contribution in [0.15, 0.2) is 18.3 Å². The summed E-state index contributed by atoms with van der Waals surface area (Å²) in [5, 5.41) is 0. The van der Waals surface area contributed by atoms with Crippen LogP contribution in [0.2, 0.25) is 0 Å². The van der Waals surface area contributed by atoms with E-state index >= 15 is 0 Å². The van der Waals surface area contributed by atoms with E-state index in [1.807, 2.05) is 12.1 Å². The number of anilines is 2. The largest absolute Gasteiger partial charge is 0.384 e. The van der Waals surface area contributed by atoms with Gasteiger partial charge in [0.25, 0.3) is 0 Å². The van der Waals surface area contributed by atoms with Crippen molar-refractivity contribution < 1.29 is 0 Å². The number of nitrogen functional groups attached to an aromatic ring is 1. The minimum atomic E-state index is 0.460. The van der Waals surface area contributed by atoms with Crippen LogP contribution in [-0.4, -0.2) is 43.1 Å². The van der Waals surface area contributed by atoms with Crippen molar-refractivity contribution in [3.63, 3.8) is 0 Å². The van der Waals surface area contributed by atoms with Gasteiger partial charge in [0, 0.05) is 37.1 Å². The number of aromatic nitrogens is 1. The van der Waals surface area contributed by atoms with Crippen LogP contribution in [-0.2, 0) is 0 Å². The summed E-state index contributed by atoms with van der Waals surface area (Å²) in [5.41, 5.74) is 6.85. The first-order valence-electron chi connectivity index (χ1n) is 5.67. The molecule has 0 fully saturated rings. The van der Waals surface area contributed by atoms with E-state index in [0.717, 1.165) is 18.8 Å². The lowest BCUT2D eigenvalue weighted by molar-refractivity contribution is 0.373. The summed E-state index contributed by atoms with van der Waals surface area (Å²) in [7, 11) is 4.18. The molecule has 1 unspecified atom stereocenters. The van der Waals surface area contributed by atoms with Crippen LogP contribution in [0.1, 0.15) is 13.8 Å². The van der Waals surface area contributed by atoms with Crippen molar-refractivity contribution >= 4 is 11.5 Å². The molecule has 1 heterocycles. The van der Waals surface area contributed by atoms with Gasteiger partial charge >= 0.3 is 0 Å². The van der Waals surface area contributed by atoms with Crippen LogP contribution in [0.5, 0.6) is 0 Å². The normalized spacial score (nSPS) is 12.8. The third-order valence-electron chi connectivity index (χ3n) is 2.60. The summed E-state index contributed by atoms with van der Waals surface area (Å²) in [6.07, 6.45) is 1.76. The molecule has 4 heteroatoms. The zero-order chi connectivity index (χ0) is 12.1. The second kappa shape index (κ2) is 5.70. The summed E-state index contributed by atoms with van der Waals surface area (Å²) in [6.45, 7) is 6.37. The van der Waals surface area contributed by atoms with Gasteiger partial charge in [0.2, 0.25) is 0 Å². The van der Waals surface area contributed by atoms with Gasteiger partial charge in [-0.3, -0.25) is 0 Å². The Bertz CT molecular complexity index is 325. The molecule has 0 aliphatic rings. The molecule has 0 aromatic carbocycles. The molecule has 0 amide bonds. The third-order valence-corrected chi connectivity index (χ3v) is 2.60. The fourth-order valence-corrected chi connectivity index (χ4v) is 1.99. The summed E-state index contributed by atoms with van der Waals surface area (Å²) in [6, 6.07) is 4.39. The number of pyridine rings is 1. The Morgan fingerprint density at radius 1 is 1.44 bits per heavy atom. The predicted octanol–water partition coefficient (Wildman–Crippen LogP) is 1.44. The quantitative estimate of drug-likeness (QED) is 0.819. The molecule has 90 valence electrons. The van der Waals surface area contributed by atoms with Crippen molar-refractivity contribution in [1.82, 2.24) is 9.88 Å². The first-order chi connectivity index (χ1) is 7.54. The molecule has 0 spiro atoms. The molecule has 0 aliphatic heterocycles. The van der Waals surface area contributed by atoms with E-state index in [1.165, 1.54) is 0 Å². The molecule has 4 nitrogen and oxygen atoms in total. The highest BCUT2D eigenvalue weighted by atomic mass is 15.2. The summed E-state index contributed by atoms with van der Waals surface area (Å²) < 4.78 is 0. The smallest absolute Gasteiger partial charge is 0.125 e. The van der Waals surface area contributed by atoms with Gasteiger partial charge < -0.3 is 15.5 Å². The van der Waals surface area contributed by atoms with Crippen LogP contribution in [0.4, 0.5) is 11.5 Å². The molecule has 1 atom stereocenters. The monoisotopic (exact) mass is 222 g/mol. The van der Waals surface area contributed by atoms with Crippen molar-refractivity contribution in [2.45, 2.75) is 19.9 Å². The van der Waals surface area contributed by atoms with Crippen molar-refractivity contribution in [1.29, 1.82) is 0 Å². The molecular weight excluding hydrogens is 200 g/mol. The Hall–Kier alpha value is -1.29. The first-order valence-corrected chi connectivity index (χ1v) is 5.67. The van der Waals surface area contributed by atoms with Crippen molar-refractivity contribution in [2.75, 3.05) is 37.8 Å². The van der Waals surface area contributed by atoms with E-state index in [-0.39, 0.29) is 0 Å². The lowest BCUT2D eigenvalue weighted by Crippen LogP contribution is -2.40. The third kappa shape index (κ3) is 3.38.